The van der Waals surface area contributed by atoms with Crippen LogP contribution in [0.5, 0.6) is 0 Å². The van der Waals surface area contributed by atoms with Gasteiger partial charge in [0.2, 0.25) is 11.8 Å². The molecule has 0 aliphatic heterocycles. The fourth-order valence-electron chi connectivity index (χ4n) is 3.51. The third-order valence-electron chi connectivity index (χ3n) is 5.10. The van der Waals surface area contributed by atoms with E-state index in [-0.39, 0.29) is 5.56 Å². The van der Waals surface area contributed by atoms with E-state index in [0.29, 0.717) is 28.7 Å². The third-order valence-corrected chi connectivity index (χ3v) is 5.10. The number of carboxylic acids is 1. The van der Waals surface area contributed by atoms with E-state index < -0.39 is 5.97 Å². The van der Waals surface area contributed by atoms with E-state index in [1.807, 2.05) is 0 Å². The first-order valence-corrected chi connectivity index (χ1v) is 8.51. The van der Waals surface area contributed by atoms with Gasteiger partial charge in [0.05, 0.1) is 5.56 Å². The van der Waals surface area contributed by atoms with Gasteiger partial charge in [-0.1, -0.05) is 26.8 Å². The van der Waals surface area contributed by atoms with Crippen LogP contribution in [0.3, 0.4) is 0 Å². The molecule has 0 amide bonds. The summed E-state index contributed by atoms with van der Waals surface area (Å²) in [5.41, 5.74) is 1.22. The molecule has 0 saturated heterocycles. The molecule has 5 heteroatoms. The molecule has 0 radical (unpaired) electrons. The Bertz CT molecular complexity index is 722. The van der Waals surface area contributed by atoms with E-state index in [9.17, 15) is 4.79 Å². The van der Waals surface area contributed by atoms with Crippen LogP contribution in [0.15, 0.2) is 28.7 Å². The van der Waals surface area contributed by atoms with Gasteiger partial charge in [0, 0.05) is 11.5 Å². The summed E-state index contributed by atoms with van der Waals surface area (Å²) in [6.45, 7) is 6.91. The van der Waals surface area contributed by atoms with Gasteiger partial charge in [0.1, 0.15) is 0 Å². The SMILES string of the molecule is CC(C)(C)C1CCC(c2nnc(-c3cccc(C(=O)O)c3)o2)CC1. The molecule has 1 aromatic heterocycles. The summed E-state index contributed by atoms with van der Waals surface area (Å²) < 4.78 is 5.85. The average molecular weight is 328 g/mol. The van der Waals surface area contributed by atoms with Crippen LogP contribution in [0.25, 0.3) is 11.5 Å². The summed E-state index contributed by atoms with van der Waals surface area (Å²) in [5, 5.41) is 17.4. The second kappa shape index (κ2) is 6.38. The maximum absolute atomic E-state index is 11.1. The molecule has 1 saturated carbocycles. The largest absolute Gasteiger partial charge is 0.478 e. The highest BCUT2D eigenvalue weighted by atomic mass is 16.4. The predicted octanol–water partition coefficient (Wildman–Crippen LogP) is 4.75. The van der Waals surface area contributed by atoms with Crippen molar-refractivity contribution >= 4 is 5.97 Å². The van der Waals surface area contributed by atoms with Gasteiger partial charge in [-0.25, -0.2) is 4.79 Å². The standard InChI is InChI=1S/C19H24N2O3/c1-19(2,3)15-9-7-12(8-10-15)16-20-21-17(24-16)13-5-4-6-14(11-13)18(22)23/h4-6,11-12,15H,7-10H2,1-3H3,(H,22,23). The van der Waals surface area contributed by atoms with Crippen LogP contribution in [0.1, 0.15) is 68.6 Å². The Morgan fingerprint density at radius 1 is 1.17 bits per heavy atom. The molecular formula is C19H24N2O3. The minimum absolute atomic E-state index is 0.220. The molecule has 0 spiro atoms. The van der Waals surface area contributed by atoms with E-state index in [4.69, 9.17) is 9.52 Å². The zero-order chi connectivity index (χ0) is 17.3. The molecule has 1 fully saturated rings. The van der Waals surface area contributed by atoms with E-state index in [1.54, 1.807) is 24.3 Å². The highest BCUT2D eigenvalue weighted by molar-refractivity contribution is 5.88. The first-order chi connectivity index (χ1) is 11.3. The van der Waals surface area contributed by atoms with Crippen LogP contribution in [0, 0.1) is 11.3 Å². The van der Waals surface area contributed by atoms with Crippen LogP contribution in [-0.4, -0.2) is 21.3 Å². The molecular weight excluding hydrogens is 304 g/mol. The van der Waals surface area contributed by atoms with Crippen molar-refractivity contribution in [1.82, 2.24) is 10.2 Å². The number of hydrogen-bond acceptors (Lipinski definition) is 4. The minimum atomic E-state index is -0.961. The zero-order valence-electron chi connectivity index (χ0n) is 14.5. The van der Waals surface area contributed by atoms with Crippen LogP contribution in [-0.2, 0) is 0 Å². The summed E-state index contributed by atoms with van der Waals surface area (Å²) >= 11 is 0. The molecule has 1 aromatic carbocycles. The van der Waals surface area contributed by atoms with E-state index in [1.165, 1.54) is 12.8 Å². The van der Waals surface area contributed by atoms with Crippen molar-refractivity contribution in [3.8, 4) is 11.5 Å². The number of benzene rings is 1. The Balaban J connectivity index is 1.73. The summed E-state index contributed by atoms with van der Waals surface area (Å²) in [4.78, 5) is 11.1. The Kier molecular flexibility index (Phi) is 4.43. The molecule has 0 unspecified atom stereocenters. The molecule has 0 bridgehead atoms. The van der Waals surface area contributed by atoms with Gasteiger partial charge in [-0.3, -0.25) is 0 Å². The number of carbonyl (C=O) groups is 1. The van der Waals surface area contributed by atoms with Crippen LogP contribution in [0.2, 0.25) is 0 Å². The molecule has 1 aliphatic carbocycles. The fraction of sp³-hybridized carbons (Fsp3) is 0.526. The number of hydrogen-bond donors (Lipinski definition) is 1. The molecule has 128 valence electrons. The van der Waals surface area contributed by atoms with E-state index in [0.717, 1.165) is 18.8 Å². The number of aromatic carboxylic acids is 1. The van der Waals surface area contributed by atoms with Crippen LogP contribution >= 0.6 is 0 Å². The molecule has 24 heavy (non-hydrogen) atoms. The van der Waals surface area contributed by atoms with Gasteiger partial charge >= 0.3 is 5.97 Å². The van der Waals surface area contributed by atoms with Gasteiger partial charge < -0.3 is 9.52 Å². The minimum Gasteiger partial charge on any atom is -0.478 e. The first kappa shape index (κ1) is 16.7. The molecule has 3 rings (SSSR count). The summed E-state index contributed by atoms with van der Waals surface area (Å²) in [5.74, 6) is 1.16. The van der Waals surface area contributed by atoms with Crippen molar-refractivity contribution < 1.29 is 14.3 Å². The highest BCUT2D eigenvalue weighted by Crippen LogP contribution is 2.43. The third kappa shape index (κ3) is 3.50. The maximum atomic E-state index is 11.1. The second-order valence-electron chi connectivity index (χ2n) is 7.75. The molecule has 1 aliphatic rings. The Morgan fingerprint density at radius 2 is 1.88 bits per heavy atom. The van der Waals surface area contributed by atoms with Gasteiger partial charge in [-0.2, -0.15) is 0 Å². The predicted molar refractivity (Wildman–Crippen MR) is 90.8 cm³/mol. The van der Waals surface area contributed by atoms with Crippen molar-refractivity contribution in [3.63, 3.8) is 0 Å². The van der Waals surface area contributed by atoms with E-state index >= 15 is 0 Å². The van der Waals surface area contributed by atoms with Crippen LogP contribution in [0.4, 0.5) is 0 Å². The molecule has 5 nitrogen and oxygen atoms in total. The van der Waals surface area contributed by atoms with E-state index in [2.05, 4.69) is 31.0 Å². The van der Waals surface area contributed by atoms with Crippen molar-refractivity contribution in [1.29, 1.82) is 0 Å². The van der Waals surface area contributed by atoms with Crippen molar-refractivity contribution in [2.45, 2.75) is 52.4 Å². The molecule has 1 heterocycles. The lowest BCUT2D eigenvalue weighted by atomic mass is 9.70. The molecule has 0 atom stereocenters. The summed E-state index contributed by atoms with van der Waals surface area (Å²) in [6.07, 6.45) is 4.50. The number of aromatic nitrogens is 2. The maximum Gasteiger partial charge on any atom is 0.335 e. The topological polar surface area (TPSA) is 76.2 Å². The van der Waals surface area contributed by atoms with Gasteiger partial charge in [-0.05, 0) is 55.2 Å². The fourth-order valence-corrected chi connectivity index (χ4v) is 3.51. The first-order valence-electron chi connectivity index (χ1n) is 8.51. The number of nitrogens with zero attached hydrogens (tertiary/aromatic N) is 2. The van der Waals surface area contributed by atoms with Crippen molar-refractivity contribution in [2.24, 2.45) is 11.3 Å². The number of carboxylic acid groups (broad SMARTS) is 1. The summed E-state index contributed by atoms with van der Waals surface area (Å²) in [6, 6.07) is 6.60. The van der Waals surface area contributed by atoms with Crippen molar-refractivity contribution in [2.75, 3.05) is 0 Å². The highest BCUT2D eigenvalue weighted by Gasteiger charge is 2.32. The normalized spacial score (nSPS) is 21.6. The number of rotatable bonds is 3. The van der Waals surface area contributed by atoms with Crippen LogP contribution < -0.4 is 0 Å². The monoisotopic (exact) mass is 328 g/mol. The van der Waals surface area contributed by atoms with Gasteiger partial charge in [0.25, 0.3) is 0 Å². The lowest BCUT2D eigenvalue weighted by molar-refractivity contribution is 0.0697. The summed E-state index contributed by atoms with van der Waals surface area (Å²) in [7, 11) is 0. The second-order valence-corrected chi connectivity index (χ2v) is 7.75. The molecule has 1 N–H and O–H groups in total. The Morgan fingerprint density at radius 3 is 2.50 bits per heavy atom. The smallest absolute Gasteiger partial charge is 0.335 e. The quantitative estimate of drug-likeness (QED) is 0.879. The lowest BCUT2D eigenvalue weighted by Gasteiger charge is -2.36. The average Bonchev–Trinajstić information content (AvgIpc) is 3.04. The zero-order valence-corrected chi connectivity index (χ0v) is 14.5. The van der Waals surface area contributed by atoms with Crippen molar-refractivity contribution in [3.05, 3.63) is 35.7 Å². The van der Waals surface area contributed by atoms with Gasteiger partial charge in [0.15, 0.2) is 0 Å². The Labute approximate surface area is 142 Å². The molecule has 2 aromatic rings. The lowest BCUT2D eigenvalue weighted by Crippen LogP contribution is -2.25. The Hall–Kier alpha value is -2.17. The van der Waals surface area contributed by atoms with Gasteiger partial charge in [-0.15, -0.1) is 10.2 Å².